The Morgan fingerprint density at radius 2 is 0.618 bits per heavy atom. The molecule has 8 aromatic heterocycles. The summed E-state index contributed by atoms with van der Waals surface area (Å²) in [6.07, 6.45) is 53.1. The number of benzene rings is 1. The minimum atomic E-state index is -2.24. The molecule has 0 fully saturated rings. The predicted octanol–water partition coefficient (Wildman–Crippen LogP) is 30.9. The minimum Gasteiger partial charge on any atom is -0.491 e. The molecule has 102 heavy (non-hydrogen) atoms. The zero-order valence-electron chi connectivity index (χ0n) is 65.1. The summed E-state index contributed by atoms with van der Waals surface area (Å²) in [4.78, 5) is 28.4. The van der Waals surface area contributed by atoms with Crippen LogP contribution in [-0.4, -0.2) is 39.3 Å². The molecule has 10 heterocycles. The maximum atomic E-state index is 7.46. The van der Waals surface area contributed by atoms with E-state index in [9.17, 15) is 0 Å². The summed E-state index contributed by atoms with van der Waals surface area (Å²) < 4.78 is 17.5. The number of thiazole rings is 2. The molecule has 0 bridgehead atoms. The van der Waals surface area contributed by atoms with Crippen LogP contribution in [0.25, 0.3) is 78.9 Å². The topological polar surface area (TPSA) is 44.2 Å². The molecule has 0 N–H and O–H groups in total. The Kier molecular flexibility index (Phi) is 32.2. The lowest BCUT2D eigenvalue weighted by Gasteiger charge is -2.29. The van der Waals surface area contributed by atoms with Gasteiger partial charge in [0.05, 0.1) is 32.4 Å². The van der Waals surface area contributed by atoms with E-state index in [4.69, 9.17) is 19.4 Å². The van der Waals surface area contributed by atoms with Gasteiger partial charge in [0.25, 0.3) is 0 Å². The first-order valence-electron chi connectivity index (χ1n) is 42.1. The van der Waals surface area contributed by atoms with E-state index < -0.39 is 16.1 Å². The highest BCUT2D eigenvalue weighted by molar-refractivity contribution is 7.36. The lowest BCUT2D eigenvalue weighted by atomic mass is 9.96. The number of unbranched alkanes of at least 4 members (excludes halogenated alkanes) is 28. The van der Waals surface area contributed by atoms with Gasteiger partial charge in [-0.05, 0) is 133 Å². The third-order valence-electron chi connectivity index (χ3n) is 23.3. The zero-order valence-corrected chi connectivity index (χ0v) is 73.7. The molecule has 2 aliphatic heterocycles. The number of hydrogen-bond donors (Lipinski definition) is 0. The van der Waals surface area contributed by atoms with E-state index in [1.54, 1.807) is 40.3 Å². The van der Waals surface area contributed by atoms with Crippen molar-refractivity contribution < 1.29 is 9.47 Å². The molecule has 0 aliphatic carbocycles. The third kappa shape index (κ3) is 19.5. The van der Waals surface area contributed by atoms with Gasteiger partial charge in [0, 0.05) is 49.8 Å². The number of nitrogens with zero attached hydrogens (tertiary/aromatic N) is 2. The van der Waals surface area contributed by atoms with Gasteiger partial charge in [-0.1, -0.05) is 309 Å². The first-order chi connectivity index (χ1) is 50.0. The summed E-state index contributed by atoms with van der Waals surface area (Å²) in [6.45, 7) is 25.1. The number of hydrogen-bond acceptors (Lipinski definition) is 12. The molecule has 0 radical (unpaired) electrons. The van der Waals surface area contributed by atoms with Crippen molar-refractivity contribution >= 4 is 157 Å². The van der Waals surface area contributed by atoms with Crippen molar-refractivity contribution in [2.24, 2.45) is 11.8 Å². The van der Waals surface area contributed by atoms with Gasteiger partial charge in [-0.15, -0.1) is 68.0 Å². The van der Waals surface area contributed by atoms with Crippen molar-refractivity contribution in [2.45, 2.75) is 350 Å². The number of thiophene rings is 6. The van der Waals surface area contributed by atoms with Crippen LogP contribution in [0.1, 0.15) is 322 Å². The van der Waals surface area contributed by atoms with Gasteiger partial charge < -0.3 is 9.47 Å². The Labute approximate surface area is 652 Å². The SMILES string of the molecule is CCCCCCCC[Si]1(CCCCCCCC)c2cc(C)sc2-c2sc(-c3nc4sc(-c5cc6c(s5)-c5sc(-c7cc8c(OCC(CCCC)CCCCCC)c9sc(C)cc9c(OCC(CCCC)CCCCCC)c8s7)cc5[Si]6(CCCCCCCC)CCCCCCCC)nc4s3)cc21. The summed E-state index contributed by atoms with van der Waals surface area (Å²) in [5, 5.41) is 12.0. The number of aryl methyl sites for hydroxylation is 2. The first kappa shape index (κ1) is 80.5. The highest BCUT2D eigenvalue weighted by Gasteiger charge is 2.49. The van der Waals surface area contributed by atoms with E-state index in [1.165, 1.54) is 340 Å². The summed E-state index contributed by atoms with van der Waals surface area (Å²) in [5.74, 6) is 3.37. The fraction of sp³-hybridized carbons (Fsp3) is 0.659. The normalized spacial score (nSPS) is 14.3. The number of rotatable bonds is 53. The summed E-state index contributed by atoms with van der Waals surface area (Å²) in [7, 11) is -4.18. The maximum absolute atomic E-state index is 7.46. The predicted molar refractivity (Wildman–Crippen MR) is 472 cm³/mol. The fourth-order valence-electron chi connectivity index (χ4n) is 17.4. The molecule has 2 aliphatic rings. The smallest absolute Gasteiger partial charge is 0.155 e. The van der Waals surface area contributed by atoms with E-state index >= 15 is 0 Å². The molecule has 4 nitrogen and oxygen atoms in total. The largest absolute Gasteiger partial charge is 0.491 e. The molecule has 2 atom stereocenters. The van der Waals surface area contributed by atoms with E-state index in [2.05, 4.69) is 151 Å². The van der Waals surface area contributed by atoms with E-state index in [0.29, 0.717) is 11.8 Å². The van der Waals surface area contributed by atoms with Gasteiger partial charge in [0.15, 0.2) is 9.66 Å². The quantitative estimate of drug-likeness (QED) is 0.0281. The van der Waals surface area contributed by atoms with Crippen molar-refractivity contribution in [3.8, 4) is 60.5 Å². The molecule has 0 saturated heterocycles. The highest BCUT2D eigenvalue weighted by atomic mass is 32.1. The van der Waals surface area contributed by atoms with Crippen LogP contribution in [-0.2, 0) is 0 Å². The Balaban J connectivity index is 0.969. The van der Waals surface area contributed by atoms with Crippen molar-refractivity contribution in [2.75, 3.05) is 13.2 Å². The molecule has 0 amide bonds. The monoisotopic (exact) mass is 1560 g/mol. The molecule has 560 valence electrons. The molecule has 0 spiro atoms. The Morgan fingerprint density at radius 3 is 1.04 bits per heavy atom. The number of aromatic nitrogens is 2. The average molecular weight is 1560 g/mol. The molecule has 2 unspecified atom stereocenters. The third-order valence-corrected chi connectivity index (χ3v) is 44.1. The summed E-state index contributed by atoms with van der Waals surface area (Å²) >= 11 is 16.1. The second kappa shape index (κ2) is 40.8. The second-order valence-corrected chi connectivity index (χ2v) is 48.7. The van der Waals surface area contributed by atoms with Crippen LogP contribution in [0, 0.1) is 25.7 Å². The van der Waals surface area contributed by atoms with Crippen LogP contribution in [0.5, 0.6) is 11.5 Å². The zero-order chi connectivity index (χ0) is 71.3. The lowest BCUT2D eigenvalue weighted by molar-refractivity contribution is 0.227. The minimum absolute atomic E-state index is 0.568. The van der Waals surface area contributed by atoms with Crippen LogP contribution < -0.4 is 30.2 Å². The number of ether oxygens (including phenoxy) is 2. The molecular formula is C88H130N2O2S8Si2. The second-order valence-electron chi connectivity index (χ2n) is 31.5. The van der Waals surface area contributed by atoms with Crippen LogP contribution >= 0.6 is 90.7 Å². The molecule has 11 rings (SSSR count). The van der Waals surface area contributed by atoms with Gasteiger partial charge in [-0.2, -0.15) is 0 Å². The highest BCUT2D eigenvalue weighted by Crippen LogP contribution is 2.55. The number of fused-ring (bicyclic) bond motifs is 9. The van der Waals surface area contributed by atoms with Crippen LogP contribution in [0.3, 0.4) is 0 Å². The molecule has 9 aromatic rings. The maximum Gasteiger partial charge on any atom is 0.155 e. The Morgan fingerprint density at radius 1 is 0.304 bits per heavy atom. The van der Waals surface area contributed by atoms with Crippen molar-refractivity contribution in [1.29, 1.82) is 0 Å². The molecule has 14 heteroatoms. The van der Waals surface area contributed by atoms with Gasteiger partial charge in [-0.25, -0.2) is 9.97 Å². The van der Waals surface area contributed by atoms with E-state index in [1.807, 2.05) is 45.3 Å². The van der Waals surface area contributed by atoms with Crippen molar-refractivity contribution in [3.05, 3.63) is 46.2 Å². The van der Waals surface area contributed by atoms with Gasteiger partial charge >= 0.3 is 0 Å². The van der Waals surface area contributed by atoms with Crippen LogP contribution in [0.4, 0.5) is 0 Å². The summed E-state index contributed by atoms with van der Waals surface area (Å²) in [5.41, 5.74) is 0. The average Bonchev–Trinajstić information content (AvgIpc) is 1.55. The first-order valence-corrected chi connectivity index (χ1v) is 53.5. The fourth-order valence-corrected chi connectivity index (χ4v) is 40.6. The van der Waals surface area contributed by atoms with Crippen molar-refractivity contribution in [1.82, 2.24) is 9.97 Å². The van der Waals surface area contributed by atoms with E-state index in [-0.39, 0.29) is 0 Å². The van der Waals surface area contributed by atoms with Crippen LogP contribution in [0.15, 0.2) is 36.4 Å². The van der Waals surface area contributed by atoms with Crippen LogP contribution in [0.2, 0.25) is 24.2 Å². The Hall–Kier alpha value is -2.51. The summed E-state index contributed by atoms with van der Waals surface area (Å²) in [6, 6.07) is 21.4. The van der Waals surface area contributed by atoms with Gasteiger partial charge in [-0.3, -0.25) is 0 Å². The Bertz CT molecular complexity index is 3830. The molecule has 0 saturated carbocycles. The van der Waals surface area contributed by atoms with E-state index in [0.717, 1.165) is 34.4 Å². The van der Waals surface area contributed by atoms with Crippen molar-refractivity contribution in [3.63, 3.8) is 0 Å². The molecule has 1 aromatic carbocycles. The molecular weight excluding hydrogens is 1430 g/mol. The standard InChI is InChI=1S/C88H130N2O2S8Si2/c1-11-19-27-33-37-43-51-101(52-44-38-34-28-20-12-2)73-56-64(10)94-81(73)82-75(101)59-71(97-82)85-89-87-88(99-85)90-86(100-87)72-60-76-84(98-72)83-74(102(76,53-45-39-35-29-21-13-3)54-46-40-36-30-22-14-4)58-70(96-83)69-57-68-78(92-62-66(48-26-18-8)50-42-32-24-16-6)79-67(55-63(9)93-79)77(80(68)95-69)91-61-65(47-25-17-7)49-41-31-23-15-5/h55-60,65-66H,11-54,61-62H2,1-10H3. The lowest BCUT2D eigenvalue weighted by Crippen LogP contribution is -2.54. The van der Waals surface area contributed by atoms with Gasteiger partial charge in [0.1, 0.15) is 37.7 Å². The van der Waals surface area contributed by atoms with Gasteiger partial charge in [0.2, 0.25) is 0 Å².